The van der Waals surface area contributed by atoms with Gasteiger partial charge in [-0.1, -0.05) is 6.07 Å². The number of rotatable bonds is 3. The van der Waals surface area contributed by atoms with Gasteiger partial charge in [-0.05, 0) is 49.9 Å². The number of nitrogen functional groups attached to an aromatic ring is 1. The minimum Gasteiger partial charge on any atom is -0.398 e. The highest BCUT2D eigenvalue weighted by atomic mass is 19.4. The zero-order valence-corrected chi connectivity index (χ0v) is 15.8. The van der Waals surface area contributed by atoms with Gasteiger partial charge in [0.25, 0.3) is 5.91 Å². The van der Waals surface area contributed by atoms with Crippen molar-refractivity contribution in [3.63, 3.8) is 0 Å². The Morgan fingerprint density at radius 2 is 1.75 bits per heavy atom. The highest BCUT2D eigenvalue weighted by Gasteiger charge is 2.35. The zero-order valence-electron chi connectivity index (χ0n) is 15.8. The number of likely N-dealkylation sites (N-methyl/N-ethyl adjacent to an activating group) is 1. The van der Waals surface area contributed by atoms with Gasteiger partial charge in [-0.25, -0.2) is 0 Å². The summed E-state index contributed by atoms with van der Waals surface area (Å²) in [7, 11) is 1.94. The summed E-state index contributed by atoms with van der Waals surface area (Å²) < 4.78 is 41.0. The second kappa shape index (κ2) is 7.71. The molecule has 0 aliphatic carbocycles. The predicted molar refractivity (Wildman–Crippen MR) is 105 cm³/mol. The van der Waals surface area contributed by atoms with Crippen molar-refractivity contribution < 1.29 is 18.0 Å². The number of nitrogens with zero attached hydrogens (tertiary/aromatic N) is 2. The summed E-state index contributed by atoms with van der Waals surface area (Å²) in [6, 6.07) is 8.70. The van der Waals surface area contributed by atoms with Crippen LogP contribution in [0.5, 0.6) is 0 Å². The number of nitrogens with two attached hydrogens (primary N) is 1. The number of nitrogens with one attached hydrogen (secondary N) is 1. The van der Waals surface area contributed by atoms with Gasteiger partial charge in [-0.15, -0.1) is 0 Å². The Hall–Kier alpha value is -2.74. The van der Waals surface area contributed by atoms with E-state index >= 15 is 0 Å². The van der Waals surface area contributed by atoms with Gasteiger partial charge in [0.1, 0.15) is 0 Å². The zero-order chi connectivity index (χ0) is 20.5. The van der Waals surface area contributed by atoms with Crippen LogP contribution in [0.25, 0.3) is 0 Å². The average molecular weight is 392 g/mol. The van der Waals surface area contributed by atoms with Crippen LogP contribution in [0.4, 0.5) is 30.2 Å². The average Bonchev–Trinajstić information content (AvgIpc) is 2.64. The third-order valence-electron chi connectivity index (χ3n) is 4.95. The molecule has 0 bridgehead atoms. The van der Waals surface area contributed by atoms with E-state index in [1.165, 1.54) is 18.2 Å². The third-order valence-corrected chi connectivity index (χ3v) is 4.95. The van der Waals surface area contributed by atoms with E-state index in [1.807, 2.05) is 14.0 Å². The summed E-state index contributed by atoms with van der Waals surface area (Å²) >= 11 is 0. The van der Waals surface area contributed by atoms with Crippen molar-refractivity contribution in [1.82, 2.24) is 4.90 Å². The number of amides is 1. The topological polar surface area (TPSA) is 61.6 Å². The predicted octanol–water partition coefficient (Wildman–Crippen LogP) is 3.60. The van der Waals surface area contributed by atoms with Gasteiger partial charge in [0.15, 0.2) is 0 Å². The summed E-state index contributed by atoms with van der Waals surface area (Å²) in [6.45, 7) is 4.25. The lowest BCUT2D eigenvalue weighted by Gasteiger charge is -2.35. The van der Waals surface area contributed by atoms with Gasteiger partial charge in [0.05, 0.1) is 5.56 Å². The van der Waals surface area contributed by atoms with E-state index in [1.54, 1.807) is 17.0 Å². The Labute approximate surface area is 161 Å². The maximum Gasteiger partial charge on any atom is 0.418 e. The number of alkyl halides is 3. The molecule has 1 aliphatic rings. The van der Waals surface area contributed by atoms with Crippen LogP contribution in [0, 0.1) is 6.92 Å². The number of hydrogen-bond donors (Lipinski definition) is 2. The molecular weight excluding hydrogens is 369 g/mol. The number of halogens is 3. The Morgan fingerprint density at radius 1 is 1.07 bits per heavy atom. The van der Waals surface area contributed by atoms with Crippen molar-refractivity contribution in [2.24, 2.45) is 0 Å². The number of aryl methyl sites for hydroxylation is 1. The van der Waals surface area contributed by atoms with E-state index in [-0.39, 0.29) is 11.4 Å². The minimum atomic E-state index is -4.52. The number of carbonyl (C=O) groups excluding carboxylic acids is 1. The van der Waals surface area contributed by atoms with Gasteiger partial charge in [-0.2, -0.15) is 13.2 Å². The molecule has 1 aliphatic heterocycles. The fourth-order valence-corrected chi connectivity index (χ4v) is 3.15. The lowest BCUT2D eigenvalue weighted by Crippen LogP contribution is -2.45. The van der Waals surface area contributed by atoms with Crippen molar-refractivity contribution in [1.29, 1.82) is 0 Å². The molecule has 0 atom stereocenters. The van der Waals surface area contributed by atoms with Crippen LogP contribution in [-0.4, -0.2) is 44.0 Å². The Kier molecular flexibility index (Phi) is 5.51. The molecule has 0 saturated carbocycles. The van der Waals surface area contributed by atoms with Crippen LogP contribution < -0.4 is 16.0 Å². The van der Waals surface area contributed by atoms with E-state index < -0.39 is 17.6 Å². The van der Waals surface area contributed by atoms with Gasteiger partial charge >= 0.3 is 6.18 Å². The summed E-state index contributed by atoms with van der Waals surface area (Å²) in [5.74, 6) is -0.507. The van der Waals surface area contributed by atoms with E-state index in [9.17, 15) is 18.0 Å². The summed E-state index contributed by atoms with van der Waals surface area (Å²) in [5.41, 5.74) is 6.86. The maximum atomic E-state index is 13.7. The van der Waals surface area contributed by atoms with Crippen LogP contribution in [0.1, 0.15) is 21.5 Å². The Balaban J connectivity index is 1.86. The second-order valence-corrected chi connectivity index (χ2v) is 7.05. The molecule has 2 aromatic rings. The monoisotopic (exact) mass is 392 g/mol. The molecule has 1 amide bonds. The minimum absolute atomic E-state index is 0.0920. The Morgan fingerprint density at radius 3 is 2.36 bits per heavy atom. The maximum absolute atomic E-state index is 13.7. The van der Waals surface area contributed by atoms with Gasteiger partial charge < -0.3 is 20.9 Å². The van der Waals surface area contributed by atoms with E-state index in [0.717, 1.165) is 11.6 Å². The van der Waals surface area contributed by atoms with Crippen molar-refractivity contribution in [3.05, 3.63) is 53.1 Å². The Bertz CT molecular complexity index is 874. The molecule has 0 radical (unpaired) electrons. The second-order valence-electron chi connectivity index (χ2n) is 7.05. The van der Waals surface area contributed by atoms with Crippen LogP contribution in [0.2, 0.25) is 0 Å². The summed E-state index contributed by atoms with van der Waals surface area (Å²) in [6.07, 6.45) is -4.52. The van der Waals surface area contributed by atoms with E-state index in [2.05, 4.69) is 10.2 Å². The molecule has 0 unspecified atom stereocenters. The SMILES string of the molecule is Cc1ccc(C(=O)Nc2ccc(N3CCN(C)CC3)c(C(F)(F)F)c2)cc1N. The molecule has 1 fully saturated rings. The molecule has 150 valence electrons. The van der Waals surface area contributed by atoms with Gasteiger partial charge in [-0.3, -0.25) is 4.79 Å². The molecule has 0 spiro atoms. The molecule has 1 heterocycles. The number of hydrogen-bond acceptors (Lipinski definition) is 4. The van der Waals surface area contributed by atoms with Crippen LogP contribution in [0.3, 0.4) is 0 Å². The summed E-state index contributed by atoms with van der Waals surface area (Å²) in [5, 5.41) is 2.53. The van der Waals surface area contributed by atoms with Crippen molar-refractivity contribution in [3.8, 4) is 0 Å². The largest absolute Gasteiger partial charge is 0.418 e. The molecular formula is C20H23F3N4O. The molecule has 3 N–H and O–H groups in total. The smallest absolute Gasteiger partial charge is 0.398 e. The number of piperazine rings is 1. The first-order valence-electron chi connectivity index (χ1n) is 8.97. The molecule has 8 heteroatoms. The number of benzene rings is 2. The van der Waals surface area contributed by atoms with Crippen LogP contribution >= 0.6 is 0 Å². The molecule has 1 saturated heterocycles. The van der Waals surface area contributed by atoms with E-state index in [4.69, 9.17) is 5.73 Å². The van der Waals surface area contributed by atoms with Crippen molar-refractivity contribution in [2.45, 2.75) is 13.1 Å². The fourth-order valence-electron chi connectivity index (χ4n) is 3.15. The number of carbonyl (C=O) groups is 1. The standard InChI is InChI=1S/C20H23F3N4O/c1-13-3-4-14(11-17(13)24)19(28)25-15-5-6-18(16(12-15)20(21,22)23)27-9-7-26(2)8-10-27/h3-6,11-12H,7-10,24H2,1-2H3,(H,25,28). The molecule has 2 aromatic carbocycles. The van der Waals surface area contributed by atoms with Gasteiger partial charge in [0.2, 0.25) is 0 Å². The number of anilines is 3. The van der Waals surface area contributed by atoms with Crippen LogP contribution in [0.15, 0.2) is 36.4 Å². The first-order chi connectivity index (χ1) is 13.1. The molecule has 5 nitrogen and oxygen atoms in total. The normalized spacial score (nSPS) is 15.5. The highest BCUT2D eigenvalue weighted by Crippen LogP contribution is 2.38. The first-order valence-corrected chi connectivity index (χ1v) is 8.97. The third kappa shape index (κ3) is 4.39. The summed E-state index contributed by atoms with van der Waals surface area (Å²) in [4.78, 5) is 16.2. The quantitative estimate of drug-likeness (QED) is 0.784. The first kappa shape index (κ1) is 20.0. The lowest BCUT2D eigenvalue weighted by atomic mass is 10.1. The van der Waals surface area contributed by atoms with Crippen LogP contribution in [-0.2, 0) is 6.18 Å². The molecule has 0 aromatic heterocycles. The lowest BCUT2D eigenvalue weighted by molar-refractivity contribution is -0.137. The van der Waals surface area contributed by atoms with Crippen molar-refractivity contribution in [2.75, 3.05) is 49.2 Å². The van der Waals surface area contributed by atoms with Gasteiger partial charge in [0, 0.05) is 48.8 Å². The van der Waals surface area contributed by atoms with E-state index in [0.29, 0.717) is 37.4 Å². The fraction of sp³-hybridized carbons (Fsp3) is 0.350. The van der Waals surface area contributed by atoms with Crippen molar-refractivity contribution >= 4 is 23.0 Å². The molecule has 3 rings (SSSR count). The molecule has 28 heavy (non-hydrogen) atoms. The highest BCUT2D eigenvalue weighted by molar-refractivity contribution is 6.05.